The summed E-state index contributed by atoms with van der Waals surface area (Å²) in [6.07, 6.45) is 0.799. The monoisotopic (exact) mass is 443 g/mol. The average Bonchev–Trinajstić information content (AvgIpc) is 3.27. The molecule has 3 aromatic carbocycles. The number of methoxy groups -OCH3 is 1. The van der Waals surface area contributed by atoms with Gasteiger partial charge in [0.25, 0.3) is 0 Å². The molecule has 5 heteroatoms. The lowest BCUT2D eigenvalue weighted by molar-refractivity contribution is -0.125. The second-order valence-corrected chi connectivity index (χ2v) is 8.59. The minimum atomic E-state index is -0.139. The van der Waals surface area contributed by atoms with Gasteiger partial charge >= 0.3 is 0 Å². The Hall–Kier alpha value is -2.99. The van der Waals surface area contributed by atoms with E-state index in [9.17, 15) is 4.79 Å². The van der Waals surface area contributed by atoms with Crippen molar-refractivity contribution in [3.63, 3.8) is 0 Å². The molecule has 4 rings (SSSR count). The number of likely N-dealkylation sites (tertiary alicyclic amines) is 1. The van der Waals surface area contributed by atoms with Gasteiger partial charge in [-0.15, -0.1) is 0 Å². The van der Waals surface area contributed by atoms with E-state index >= 15 is 0 Å². The predicted molar refractivity (Wildman–Crippen MR) is 133 cm³/mol. The Morgan fingerprint density at radius 3 is 2.27 bits per heavy atom. The number of carbonyl (C=O) groups excluding carboxylic acids is 1. The lowest BCUT2D eigenvalue weighted by Crippen LogP contribution is -2.43. The smallest absolute Gasteiger partial charge is 0.237 e. The van der Waals surface area contributed by atoms with E-state index in [1.165, 1.54) is 22.3 Å². The highest BCUT2D eigenvalue weighted by Gasteiger charge is 2.36. The summed E-state index contributed by atoms with van der Waals surface area (Å²) in [7, 11) is 1.65. The summed E-state index contributed by atoms with van der Waals surface area (Å²) in [5, 5.41) is 6.70. The highest BCUT2D eigenvalue weighted by Crippen LogP contribution is 2.22. The number of carbonyl (C=O) groups is 1. The molecule has 0 unspecified atom stereocenters. The maximum atomic E-state index is 12.9. The molecule has 0 radical (unpaired) electrons. The van der Waals surface area contributed by atoms with Crippen molar-refractivity contribution in [3.05, 3.63) is 96.1 Å². The van der Waals surface area contributed by atoms with Gasteiger partial charge in [0.2, 0.25) is 5.91 Å². The Labute approximate surface area is 196 Å². The average molecular weight is 444 g/mol. The van der Waals surface area contributed by atoms with Crippen LogP contribution >= 0.6 is 0 Å². The Bertz CT molecular complexity index is 993. The summed E-state index contributed by atoms with van der Waals surface area (Å²) in [4.78, 5) is 15.2. The van der Waals surface area contributed by atoms with Crippen molar-refractivity contribution in [2.45, 2.75) is 31.6 Å². The number of rotatable bonds is 10. The van der Waals surface area contributed by atoms with Crippen LogP contribution in [0.3, 0.4) is 0 Å². The molecule has 1 aliphatic rings. The van der Waals surface area contributed by atoms with Gasteiger partial charge in [0.15, 0.2) is 0 Å². The van der Waals surface area contributed by atoms with E-state index in [-0.39, 0.29) is 18.0 Å². The van der Waals surface area contributed by atoms with Crippen LogP contribution in [0.15, 0.2) is 84.9 Å². The van der Waals surface area contributed by atoms with Gasteiger partial charge in [-0.05, 0) is 28.7 Å². The van der Waals surface area contributed by atoms with Gasteiger partial charge in [-0.3, -0.25) is 9.69 Å². The summed E-state index contributed by atoms with van der Waals surface area (Å²) in [5.41, 5.74) is 4.93. The molecular weight excluding hydrogens is 410 g/mol. The number of hydrogen-bond acceptors (Lipinski definition) is 4. The van der Waals surface area contributed by atoms with Crippen molar-refractivity contribution < 1.29 is 9.53 Å². The van der Waals surface area contributed by atoms with Gasteiger partial charge in [-0.2, -0.15) is 0 Å². The largest absolute Gasteiger partial charge is 0.383 e. The molecule has 3 aromatic rings. The number of nitrogens with zero attached hydrogens (tertiary/aromatic N) is 1. The van der Waals surface area contributed by atoms with E-state index in [0.717, 1.165) is 26.1 Å². The molecule has 1 heterocycles. The molecule has 0 bridgehead atoms. The van der Waals surface area contributed by atoms with Crippen molar-refractivity contribution in [2.75, 3.05) is 26.8 Å². The fourth-order valence-corrected chi connectivity index (χ4v) is 4.42. The molecule has 1 saturated heterocycles. The van der Waals surface area contributed by atoms with Crippen LogP contribution in [0, 0.1) is 0 Å². The number of ether oxygens (including phenoxy) is 1. The second kappa shape index (κ2) is 11.8. The van der Waals surface area contributed by atoms with Crippen molar-refractivity contribution >= 4 is 5.91 Å². The molecule has 172 valence electrons. The summed E-state index contributed by atoms with van der Waals surface area (Å²) >= 11 is 0. The van der Waals surface area contributed by atoms with Crippen LogP contribution in [0.5, 0.6) is 0 Å². The molecule has 0 spiro atoms. The second-order valence-electron chi connectivity index (χ2n) is 8.59. The molecule has 0 aromatic heterocycles. The lowest BCUT2D eigenvalue weighted by atomic mass is 10.0. The molecule has 2 atom stereocenters. The summed E-state index contributed by atoms with van der Waals surface area (Å²) < 4.78 is 5.08. The Kier molecular flexibility index (Phi) is 8.25. The number of hydrogen-bond donors (Lipinski definition) is 2. The maximum absolute atomic E-state index is 12.9. The van der Waals surface area contributed by atoms with Crippen LogP contribution in [0.25, 0.3) is 11.1 Å². The van der Waals surface area contributed by atoms with Gasteiger partial charge in [0, 0.05) is 39.3 Å². The fourth-order valence-electron chi connectivity index (χ4n) is 4.42. The maximum Gasteiger partial charge on any atom is 0.237 e. The van der Waals surface area contributed by atoms with Crippen molar-refractivity contribution in [2.24, 2.45) is 0 Å². The standard InChI is InChI=1S/C28H33N3O2/c1-33-17-16-29-28(32)27-18-26(21-31(27)20-23-8-4-2-5-9-23)30-19-22-12-14-25(15-13-22)24-10-6-3-7-11-24/h2-15,26-27,30H,16-21H2,1H3,(H,29,32)/t26-,27+/m1/s1. The van der Waals surface area contributed by atoms with Gasteiger partial charge < -0.3 is 15.4 Å². The van der Waals surface area contributed by atoms with Crippen LogP contribution < -0.4 is 10.6 Å². The van der Waals surface area contributed by atoms with Gasteiger partial charge in [-0.25, -0.2) is 0 Å². The van der Waals surface area contributed by atoms with Crippen molar-refractivity contribution in [1.82, 2.24) is 15.5 Å². The molecule has 2 N–H and O–H groups in total. The van der Waals surface area contributed by atoms with Crippen LogP contribution in [-0.2, 0) is 22.6 Å². The Morgan fingerprint density at radius 2 is 1.58 bits per heavy atom. The molecule has 1 fully saturated rings. The summed E-state index contributed by atoms with van der Waals surface area (Å²) in [6.45, 7) is 3.47. The van der Waals surface area contributed by atoms with E-state index in [1.807, 2.05) is 24.3 Å². The normalized spacial score (nSPS) is 18.3. The van der Waals surface area contributed by atoms with E-state index < -0.39 is 0 Å². The van der Waals surface area contributed by atoms with Gasteiger partial charge in [-0.1, -0.05) is 84.9 Å². The molecule has 5 nitrogen and oxygen atoms in total. The SMILES string of the molecule is COCCNC(=O)[C@@H]1C[C@@H](NCc2ccc(-c3ccccc3)cc2)CN1Cc1ccccc1. The van der Waals surface area contributed by atoms with Crippen LogP contribution in [0.2, 0.25) is 0 Å². The van der Waals surface area contributed by atoms with Gasteiger partial charge in [0.1, 0.15) is 0 Å². The predicted octanol–water partition coefficient (Wildman–Crippen LogP) is 3.85. The molecule has 33 heavy (non-hydrogen) atoms. The van der Waals surface area contributed by atoms with Crippen LogP contribution in [0.1, 0.15) is 17.5 Å². The highest BCUT2D eigenvalue weighted by atomic mass is 16.5. The molecule has 0 aliphatic carbocycles. The third-order valence-corrected chi connectivity index (χ3v) is 6.20. The Morgan fingerprint density at radius 1 is 0.909 bits per heavy atom. The van der Waals surface area contributed by atoms with Gasteiger partial charge in [0.05, 0.1) is 12.6 Å². The van der Waals surface area contributed by atoms with E-state index in [1.54, 1.807) is 7.11 Å². The summed E-state index contributed by atoms with van der Waals surface area (Å²) in [5.74, 6) is 0.0829. The zero-order valence-electron chi connectivity index (χ0n) is 19.2. The first-order valence-electron chi connectivity index (χ1n) is 11.7. The minimum Gasteiger partial charge on any atom is -0.383 e. The van der Waals surface area contributed by atoms with E-state index in [0.29, 0.717) is 13.2 Å². The molecule has 1 aliphatic heterocycles. The zero-order chi connectivity index (χ0) is 22.9. The van der Waals surface area contributed by atoms with Crippen LogP contribution in [0.4, 0.5) is 0 Å². The summed E-state index contributed by atoms with van der Waals surface area (Å²) in [6, 6.07) is 29.6. The molecular formula is C28H33N3O2. The highest BCUT2D eigenvalue weighted by molar-refractivity contribution is 5.82. The first-order valence-corrected chi connectivity index (χ1v) is 11.7. The fraction of sp³-hybridized carbons (Fsp3) is 0.321. The Balaban J connectivity index is 1.36. The number of benzene rings is 3. The topological polar surface area (TPSA) is 53.6 Å². The van der Waals surface area contributed by atoms with E-state index in [2.05, 4.69) is 76.2 Å². The minimum absolute atomic E-state index is 0.0829. The quantitative estimate of drug-likeness (QED) is 0.468. The molecule has 1 amide bonds. The third kappa shape index (κ3) is 6.51. The zero-order valence-corrected chi connectivity index (χ0v) is 19.2. The lowest BCUT2D eigenvalue weighted by Gasteiger charge is -2.23. The number of amides is 1. The number of nitrogens with one attached hydrogen (secondary N) is 2. The first kappa shape index (κ1) is 23.2. The van der Waals surface area contributed by atoms with Crippen LogP contribution in [-0.4, -0.2) is 49.7 Å². The van der Waals surface area contributed by atoms with Crippen molar-refractivity contribution in [1.29, 1.82) is 0 Å². The molecule has 0 saturated carbocycles. The first-order chi connectivity index (χ1) is 16.2. The van der Waals surface area contributed by atoms with E-state index in [4.69, 9.17) is 4.74 Å². The third-order valence-electron chi connectivity index (χ3n) is 6.20. The van der Waals surface area contributed by atoms with Crippen molar-refractivity contribution in [3.8, 4) is 11.1 Å².